The predicted molar refractivity (Wildman–Crippen MR) is 96.1 cm³/mol. The van der Waals surface area contributed by atoms with Crippen molar-refractivity contribution >= 4 is 46.5 Å². The summed E-state index contributed by atoms with van der Waals surface area (Å²) in [5, 5.41) is 5.11. The van der Waals surface area contributed by atoms with Gasteiger partial charge in [-0.2, -0.15) is 0 Å². The van der Waals surface area contributed by atoms with Gasteiger partial charge in [0.25, 0.3) is 5.91 Å². The summed E-state index contributed by atoms with van der Waals surface area (Å²) < 4.78 is 5.31. The van der Waals surface area contributed by atoms with Crippen LogP contribution in [0.5, 0.6) is 0 Å². The number of carbonyl (C=O) groups is 1. The summed E-state index contributed by atoms with van der Waals surface area (Å²) in [5.74, 6) is 0.495. The molecule has 0 unspecified atom stereocenters. The summed E-state index contributed by atoms with van der Waals surface area (Å²) in [6.07, 6.45) is 0. The van der Waals surface area contributed by atoms with Gasteiger partial charge in [0.1, 0.15) is 0 Å². The summed E-state index contributed by atoms with van der Waals surface area (Å²) in [4.78, 5) is 14.0. The Kier molecular flexibility index (Phi) is 4.81. The van der Waals surface area contributed by atoms with E-state index in [0.717, 1.165) is 5.56 Å². The number of rotatable bonds is 3. The number of hydrogen-bond acceptors (Lipinski definition) is 3. The highest BCUT2D eigenvalue weighted by Crippen LogP contribution is 2.29. The van der Waals surface area contributed by atoms with Crippen LogP contribution >= 0.6 is 34.8 Å². The lowest BCUT2D eigenvalue weighted by atomic mass is 10.1. The van der Waals surface area contributed by atoms with Gasteiger partial charge < -0.3 is 4.52 Å². The Morgan fingerprint density at radius 2 is 1.67 bits per heavy atom. The number of nitrogens with zero attached hydrogens (tertiary/aromatic N) is 2. The van der Waals surface area contributed by atoms with Crippen molar-refractivity contribution in [1.29, 1.82) is 0 Å². The molecular weight excluding hydrogens is 371 g/mol. The molecular formula is C17H11Cl3N2O2. The van der Waals surface area contributed by atoms with Crippen LogP contribution in [-0.4, -0.2) is 18.1 Å². The lowest BCUT2D eigenvalue weighted by Gasteiger charge is -2.15. The normalized spacial score (nSPS) is 10.7. The molecule has 4 nitrogen and oxygen atoms in total. The topological polar surface area (TPSA) is 46.3 Å². The summed E-state index contributed by atoms with van der Waals surface area (Å²) in [7, 11) is 1.57. The Hall–Kier alpha value is -2.01. The molecule has 7 heteroatoms. The van der Waals surface area contributed by atoms with Crippen molar-refractivity contribution in [1.82, 2.24) is 5.16 Å². The molecule has 3 aromatic rings. The van der Waals surface area contributed by atoms with E-state index in [1.165, 1.54) is 4.90 Å². The molecule has 0 radical (unpaired) electrons. The zero-order chi connectivity index (χ0) is 17.3. The van der Waals surface area contributed by atoms with Gasteiger partial charge in [0, 0.05) is 23.7 Å². The summed E-state index contributed by atoms with van der Waals surface area (Å²) >= 11 is 18.0. The molecule has 0 atom stereocenters. The minimum Gasteiger partial charge on any atom is -0.354 e. The Labute approximate surface area is 153 Å². The standard InChI is InChI=1S/C17H11Cl3N2O2/c1-22(17(23)16-12(19)3-2-4-13(16)20)15-9-14(24-21-15)10-5-7-11(18)8-6-10/h2-9H,1H3. The SMILES string of the molecule is CN(C(=O)c1c(Cl)cccc1Cl)c1cc(-c2ccc(Cl)cc2)on1. The van der Waals surface area contributed by atoms with Crippen LogP contribution in [0.25, 0.3) is 11.3 Å². The van der Waals surface area contributed by atoms with E-state index in [-0.39, 0.29) is 21.5 Å². The van der Waals surface area contributed by atoms with E-state index in [0.29, 0.717) is 16.6 Å². The first-order chi connectivity index (χ1) is 11.5. The van der Waals surface area contributed by atoms with Gasteiger partial charge in [-0.1, -0.05) is 46.0 Å². The van der Waals surface area contributed by atoms with Gasteiger partial charge in [-0.3, -0.25) is 9.69 Å². The fraction of sp³-hybridized carbons (Fsp3) is 0.0588. The molecule has 0 bridgehead atoms. The first-order valence-corrected chi connectivity index (χ1v) is 8.05. The molecule has 1 heterocycles. The second kappa shape index (κ2) is 6.85. The van der Waals surface area contributed by atoms with E-state index in [9.17, 15) is 4.79 Å². The van der Waals surface area contributed by atoms with Crippen molar-refractivity contribution in [2.75, 3.05) is 11.9 Å². The average molecular weight is 382 g/mol. The van der Waals surface area contributed by atoms with Crippen LogP contribution in [-0.2, 0) is 0 Å². The lowest BCUT2D eigenvalue weighted by Crippen LogP contribution is -2.27. The Morgan fingerprint density at radius 1 is 1.04 bits per heavy atom. The minimum atomic E-state index is -0.374. The Balaban J connectivity index is 1.89. The van der Waals surface area contributed by atoms with Crippen LogP contribution in [0.1, 0.15) is 10.4 Å². The fourth-order valence-electron chi connectivity index (χ4n) is 2.15. The van der Waals surface area contributed by atoms with Gasteiger partial charge in [-0.05, 0) is 36.4 Å². The Bertz CT molecular complexity index is 871. The molecule has 0 fully saturated rings. The summed E-state index contributed by atoms with van der Waals surface area (Å²) in [5.41, 5.74) is 1.02. The van der Waals surface area contributed by atoms with Gasteiger partial charge in [0.05, 0.1) is 15.6 Å². The lowest BCUT2D eigenvalue weighted by molar-refractivity contribution is 0.0992. The van der Waals surface area contributed by atoms with E-state index in [1.807, 2.05) is 0 Å². The number of carbonyl (C=O) groups excluding carboxylic acids is 1. The van der Waals surface area contributed by atoms with Crippen molar-refractivity contribution in [3.05, 3.63) is 69.2 Å². The van der Waals surface area contributed by atoms with Gasteiger partial charge in [-0.15, -0.1) is 0 Å². The Morgan fingerprint density at radius 3 is 2.29 bits per heavy atom. The third kappa shape index (κ3) is 3.26. The van der Waals surface area contributed by atoms with Crippen molar-refractivity contribution in [2.24, 2.45) is 0 Å². The molecule has 0 spiro atoms. The molecule has 0 aliphatic carbocycles. The van der Waals surface area contributed by atoms with Crippen LogP contribution in [0.15, 0.2) is 53.1 Å². The molecule has 1 aromatic heterocycles. The number of benzene rings is 2. The number of hydrogen-bond donors (Lipinski definition) is 0. The first-order valence-electron chi connectivity index (χ1n) is 6.92. The summed E-state index contributed by atoms with van der Waals surface area (Å²) in [6, 6.07) is 13.7. The molecule has 0 N–H and O–H groups in total. The third-order valence-corrected chi connectivity index (χ3v) is 4.33. The molecule has 0 saturated carbocycles. The molecule has 0 aliphatic rings. The highest BCUT2D eigenvalue weighted by molar-refractivity contribution is 6.40. The zero-order valence-electron chi connectivity index (χ0n) is 12.5. The number of amides is 1. The molecule has 122 valence electrons. The maximum absolute atomic E-state index is 12.6. The first kappa shape index (κ1) is 16.8. The van der Waals surface area contributed by atoms with Crippen LogP contribution in [0.3, 0.4) is 0 Å². The van der Waals surface area contributed by atoms with Crippen molar-refractivity contribution < 1.29 is 9.32 Å². The van der Waals surface area contributed by atoms with E-state index >= 15 is 0 Å². The quantitative estimate of drug-likeness (QED) is 0.595. The van der Waals surface area contributed by atoms with Crippen molar-refractivity contribution in [3.63, 3.8) is 0 Å². The monoisotopic (exact) mass is 380 g/mol. The highest BCUT2D eigenvalue weighted by Gasteiger charge is 2.22. The second-order valence-corrected chi connectivity index (χ2v) is 6.27. The van der Waals surface area contributed by atoms with Crippen LogP contribution in [0, 0.1) is 0 Å². The van der Waals surface area contributed by atoms with Crippen molar-refractivity contribution in [3.8, 4) is 11.3 Å². The largest absolute Gasteiger partial charge is 0.354 e. The number of halogens is 3. The molecule has 0 aliphatic heterocycles. The van der Waals surface area contributed by atoms with Gasteiger partial charge in [0.2, 0.25) is 0 Å². The van der Waals surface area contributed by atoms with Crippen LogP contribution in [0.4, 0.5) is 5.82 Å². The number of aromatic nitrogens is 1. The molecule has 3 rings (SSSR count). The van der Waals surface area contributed by atoms with E-state index < -0.39 is 0 Å². The maximum atomic E-state index is 12.6. The van der Waals surface area contributed by atoms with Crippen LogP contribution in [0.2, 0.25) is 15.1 Å². The van der Waals surface area contributed by atoms with E-state index in [2.05, 4.69) is 5.16 Å². The fourth-order valence-corrected chi connectivity index (χ4v) is 2.83. The summed E-state index contributed by atoms with van der Waals surface area (Å²) in [6.45, 7) is 0. The third-order valence-electron chi connectivity index (χ3n) is 3.45. The van der Waals surface area contributed by atoms with Gasteiger partial charge in [0.15, 0.2) is 11.6 Å². The smallest absolute Gasteiger partial charge is 0.262 e. The van der Waals surface area contributed by atoms with Crippen molar-refractivity contribution in [2.45, 2.75) is 0 Å². The highest BCUT2D eigenvalue weighted by atomic mass is 35.5. The van der Waals surface area contributed by atoms with Crippen LogP contribution < -0.4 is 4.90 Å². The zero-order valence-corrected chi connectivity index (χ0v) is 14.7. The predicted octanol–water partition coefficient (Wildman–Crippen LogP) is 5.58. The second-order valence-electron chi connectivity index (χ2n) is 5.02. The molecule has 24 heavy (non-hydrogen) atoms. The molecule has 2 aromatic carbocycles. The average Bonchev–Trinajstić information content (AvgIpc) is 3.04. The minimum absolute atomic E-state index is 0.222. The van der Waals surface area contributed by atoms with E-state index in [4.69, 9.17) is 39.3 Å². The molecule has 1 amide bonds. The van der Waals surface area contributed by atoms with E-state index in [1.54, 1.807) is 55.6 Å². The maximum Gasteiger partial charge on any atom is 0.262 e. The van der Waals surface area contributed by atoms with Gasteiger partial charge in [-0.25, -0.2) is 0 Å². The van der Waals surface area contributed by atoms with Gasteiger partial charge >= 0.3 is 0 Å². The number of anilines is 1. The molecule has 0 saturated heterocycles.